The number of aliphatic carboxylic acids is 1. The summed E-state index contributed by atoms with van der Waals surface area (Å²) in [4.78, 5) is 99.8. The standard InChI is InChI=1S/C28H34N10O14S2/c1-12(39)9-36-19(13-7-16(40)17(41)8-29-13)33-38(26(36)48)54(49,50)35-24(46)37-10-14(21(37)43)30-20(42)18(34-52-28(5,6)22(44)45)15-11-53-23(31-15)32-25(47)51-27(2,3)4/h7-8,11-12,14,39,41H,9-10H2,1-6H3,(H,29,40)(H,30,42)(H,35,46)(H,44,45)(H,31,32,47)/b34-18-/t12-,14-/m0/s1. The number of hydrogen-bond acceptors (Lipinski definition) is 17. The van der Waals surface area contributed by atoms with Crippen LogP contribution in [0.5, 0.6) is 5.75 Å². The molecule has 0 bridgehead atoms. The summed E-state index contributed by atoms with van der Waals surface area (Å²) in [5.41, 5.74) is -6.19. The van der Waals surface area contributed by atoms with Crippen molar-refractivity contribution in [1.29, 1.82) is 0 Å². The third-order valence-electron chi connectivity index (χ3n) is 6.79. The normalized spacial score (nSPS) is 15.5. The maximum Gasteiger partial charge on any atom is 0.413 e. The van der Waals surface area contributed by atoms with Crippen LogP contribution in [-0.4, -0.2) is 118 Å². The van der Waals surface area contributed by atoms with E-state index >= 15 is 0 Å². The molecule has 292 valence electrons. The van der Waals surface area contributed by atoms with Crippen LogP contribution < -0.4 is 26.5 Å². The average molecular weight is 799 g/mol. The van der Waals surface area contributed by atoms with Gasteiger partial charge < -0.3 is 35.2 Å². The molecule has 24 nitrogen and oxygen atoms in total. The zero-order valence-electron chi connectivity index (χ0n) is 29.1. The van der Waals surface area contributed by atoms with Crippen LogP contribution in [0.1, 0.15) is 47.2 Å². The second kappa shape index (κ2) is 15.1. The number of carboxylic acids is 1. The minimum atomic E-state index is -5.19. The zero-order valence-corrected chi connectivity index (χ0v) is 30.8. The first-order chi connectivity index (χ1) is 24.9. The molecule has 0 aromatic carbocycles. The van der Waals surface area contributed by atoms with Crippen molar-refractivity contribution in [2.45, 2.75) is 71.4 Å². The number of nitrogens with zero attached hydrogens (tertiary/aromatic N) is 6. The summed E-state index contributed by atoms with van der Waals surface area (Å²) < 4.78 is 33.4. The van der Waals surface area contributed by atoms with Gasteiger partial charge in [0.15, 0.2) is 22.4 Å². The number of thiazole rings is 1. The first-order valence-corrected chi connectivity index (χ1v) is 17.7. The van der Waals surface area contributed by atoms with Crippen LogP contribution >= 0.6 is 11.3 Å². The number of oxime groups is 1. The van der Waals surface area contributed by atoms with Gasteiger partial charge in [-0.05, 0) is 41.5 Å². The molecule has 26 heteroatoms. The SMILES string of the molecule is C[C@H](O)Cn1c(-c2cc(=O)c(O)c[nH]2)nn(S(=O)(=O)NC(=O)N2C[C@H](NC(=O)/C(=N\OC(C)(C)C(=O)O)c3csc(NC(=O)OC(C)(C)C)n3)C2=O)c1=O. The predicted molar refractivity (Wildman–Crippen MR) is 184 cm³/mol. The van der Waals surface area contributed by atoms with E-state index in [0.717, 1.165) is 37.4 Å². The highest BCUT2D eigenvalue weighted by atomic mass is 32.2. The molecule has 2 atom stereocenters. The van der Waals surface area contributed by atoms with E-state index < -0.39 is 105 Å². The number of imide groups is 1. The van der Waals surface area contributed by atoms with Gasteiger partial charge in [0.25, 0.3) is 11.8 Å². The summed E-state index contributed by atoms with van der Waals surface area (Å²) >= 11 is 0.832. The van der Waals surface area contributed by atoms with Crippen molar-refractivity contribution in [3.63, 3.8) is 0 Å². The molecule has 0 spiro atoms. The Bertz CT molecular complexity index is 2260. The number of urea groups is 1. The number of aromatic amines is 1. The fraction of sp³-hybridized carbons (Fsp3) is 0.429. The number of aromatic nitrogens is 5. The van der Waals surface area contributed by atoms with Crippen LogP contribution in [0.4, 0.5) is 14.7 Å². The maximum absolute atomic E-state index is 13.3. The van der Waals surface area contributed by atoms with Crippen molar-refractivity contribution >= 4 is 62.3 Å². The number of amides is 5. The first kappa shape index (κ1) is 40.6. The van der Waals surface area contributed by atoms with Gasteiger partial charge in [-0.15, -0.1) is 16.4 Å². The van der Waals surface area contributed by atoms with Crippen LogP contribution in [-0.2, 0) is 40.7 Å². The lowest BCUT2D eigenvalue weighted by Crippen LogP contribution is -2.68. The van der Waals surface area contributed by atoms with E-state index in [4.69, 9.17) is 9.57 Å². The van der Waals surface area contributed by atoms with E-state index in [1.54, 1.807) is 20.8 Å². The molecule has 0 aliphatic carbocycles. The van der Waals surface area contributed by atoms with E-state index in [-0.39, 0.29) is 20.6 Å². The summed E-state index contributed by atoms with van der Waals surface area (Å²) in [5, 5.41) is 41.9. The van der Waals surface area contributed by atoms with Crippen molar-refractivity contribution in [1.82, 2.24) is 38.7 Å². The van der Waals surface area contributed by atoms with Gasteiger partial charge in [0.2, 0.25) is 11.0 Å². The Morgan fingerprint density at radius 2 is 1.83 bits per heavy atom. The Labute approximate surface area is 307 Å². The van der Waals surface area contributed by atoms with Gasteiger partial charge in [-0.25, -0.2) is 28.9 Å². The third-order valence-corrected chi connectivity index (χ3v) is 8.67. The number of ether oxygens (including phenoxy) is 1. The van der Waals surface area contributed by atoms with Gasteiger partial charge in [-0.3, -0.25) is 29.2 Å². The number of aliphatic hydroxyl groups excluding tert-OH is 1. The van der Waals surface area contributed by atoms with Crippen molar-refractivity contribution < 1.29 is 57.3 Å². The number of aliphatic hydroxyl groups is 1. The van der Waals surface area contributed by atoms with Crippen molar-refractivity contribution in [2.24, 2.45) is 5.16 Å². The van der Waals surface area contributed by atoms with Gasteiger partial charge in [-0.2, -0.15) is 8.42 Å². The smallest absolute Gasteiger partial charge is 0.413 e. The molecule has 3 aromatic rings. The number of carbonyl (C=O) groups is 5. The third kappa shape index (κ3) is 9.25. The molecule has 5 amide bonds. The Morgan fingerprint density at radius 1 is 1.17 bits per heavy atom. The van der Waals surface area contributed by atoms with Gasteiger partial charge >= 0.3 is 34.0 Å². The molecule has 4 heterocycles. The Kier molecular flexibility index (Phi) is 11.3. The van der Waals surface area contributed by atoms with Gasteiger partial charge in [0.1, 0.15) is 17.3 Å². The highest BCUT2D eigenvalue weighted by Gasteiger charge is 2.44. The average Bonchev–Trinajstić information content (AvgIpc) is 3.62. The minimum absolute atomic E-state index is 0.0562. The van der Waals surface area contributed by atoms with Gasteiger partial charge in [0, 0.05) is 17.6 Å². The topological polar surface area (TPSA) is 336 Å². The molecule has 4 rings (SSSR count). The van der Waals surface area contributed by atoms with E-state index in [1.807, 2.05) is 0 Å². The number of H-pyrrole nitrogens is 1. The lowest BCUT2D eigenvalue weighted by molar-refractivity contribution is -0.161. The molecule has 7 N–H and O–H groups in total. The number of anilines is 1. The highest BCUT2D eigenvalue weighted by Crippen LogP contribution is 2.20. The summed E-state index contributed by atoms with van der Waals surface area (Å²) in [5.74, 6) is -4.89. The van der Waals surface area contributed by atoms with E-state index in [0.29, 0.717) is 9.47 Å². The quantitative estimate of drug-likeness (QED) is 0.0636. The molecule has 1 aliphatic heterocycles. The Hall–Kier alpha value is -6.15. The molecule has 54 heavy (non-hydrogen) atoms. The molecule has 3 aromatic heterocycles. The zero-order chi connectivity index (χ0) is 40.5. The molecule has 0 saturated carbocycles. The van der Waals surface area contributed by atoms with E-state index in [1.165, 1.54) is 17.0 Å². The van der Waals surface area contributed by atoms with Crippen molar-refractivity contribution in [3.05, 3.63) is 44.0 Å². The number of β-lactam (4-membered cyclic amide) rings is 1. The lowest BCUT2D eigenvalue weighted by atomic mass is 10.1. The number of carbonyl (C=O) groups excluding carboxylic acids is 4. The van der Waals surface area contributed by atoms with E-state index in [2.05, 4.69) is 30.9 Å². The second-order valence-electron chi connectivity index (χ2n) is 12.9. The van der Waals surface area contributed by atoms with Gasteiger partial charge in [-0.1, -0.05) is 9.24 Å². The van der Waals surface area contributed by atoms with Crippen LogP contribution in [0, 0.1) is 0 Å². The number of nitrogens with one attached hydrogen (secondary N) is 4. The Balaban J connectivity index is 1.51. The number of pyridine rings is 1. The number of carboxylic acid groups (broad SMARTS) is 1. The molecule has 0 radical (unpaired) electrons. The van der Waals surface area contributed by atoms with Crippen molar-refractivity contribution in [3.8, 4) is 17.3 Å². The summed E-state index contributed by atoms with van der Waals surface area (Å²) in [6, 6.07) is -2.20. The summed E-state index contributed by atoms with van der Waals surface area (Å²) in [6.45, 7) is 7.28. The van der Waals surface area contributed by atoms with Crippen LogP contribution in [0.2, 0.25) is 0 Å². The predicted octanol–water partition coefficient (Wildman–Crippen LogP) is -1.30. The summed E-state index contributed by atoms with van der Waals surface area (Å²) in [6.07, 6.45) is -1.24. The van der Waals surface area contributed by atoms with Gasteiger partial charge in [0.05, 0.1) is 24.9 Å². The van der Waals surface area contributed by atoms with E-state index in [9.17, 15) is 57.3 Å². The lowest BCUT2D eigenvalue weighted by Gasteiger charge is -2.36. The van der Waals surface area contributed by atoms with Crippen LogP contribution in [0.25, 0.3) is 11.5 Å². The monoisotopic (exact) mass is 798 g/mol. The fourth-order valence-corrected chi connectivity index (χ4v) is 5.73. The highest BCUT2D eigenvalue weighted by molar-refractivity contribution is 7.88. The first-order valence-electron chi connectivity index (χ1n) is 15.3. The number of rotatable bonds is 12. The molecule has 1 aliphatic rings. The minimum Gasteiger partial charge on any atom is -0.503 e. The molecule has 1 fully saturated rings. The maximum atomic E-state index is 13.3. The molecule has 0 unspecified atom stereocenters. The second-order valence-corrected chi connectivity index (χ2v) is 15.3. The number of aromatic hydroxyl groups is 1. The number of likely N-dealkylation sites (tertiary alicyclic amines) is 1. The summed E-state index contributed by atoms with van der Waals surface area (Å²) in [7, 11) is -5.19. The Morgan fingerprint density at radius 3 is 2.41 bits per heavy atom. The van der Waals surface area contributed by atoms with Crippen molar-refractivity contribution in [2.75, 3.05) is 11.9 Å². The van der Waals surface area contributed by atoms with Crippen LogP contribution in [0.15, 0.2) is 32.4 Å². The fourth-order valence-electron chi connectivity index (χ4n) is 4.14. The van der Waals surface area contributed by atoms with Crippen LogP contribution in [0.3, 0.4) is 0 Å². The number of hydrogen-bond donors (Lipinski definition) is 7. The largest absolute Gasteiger partial charge is 0.503 e. The molecular weight excluding hydrogens is 764 g/mol. The molecule has 1 saturated heterocycles. The molecular formula is C28H34N10O14S2.